The standard InChI is InChI=1S/C17H19N3O4S/c1-18-4-6-19(7-5-18)10-20-16(21)15(25-17(20)22)9-12-2-3-13-14(8-12)24-11-23-13/h2-3,8-9H,4-7,10-11H2,1H3/b15-9+. The molecule has 0 radical (unpaired) electrons. The van der Waals surface area contributed by atoms with Gasteiger partial charge in [0.15, 0.2) is 11.5 Å². The Hall–Kier alpha value is -2.03. The number of nitrogens with zero attached hydrogens (tertiary/aromatic N) is 3. The molecule has 8 heteroatoms. The molecule has 1 aromatic carbocycles. The van der Waals surface area contributed by atoms with E-state index in [0.717, 1.165) is 43.5 Å². The minimum Gasteiger partial charge on any atom is -0.454 e. The zero-order valence-electron chi connectivity index (χ0n) is 13.9. The second-order valence-corrected chi connectivity index (χ2v) is 7.28. The van der Waals surface area contributed by atoms with Crippen molar-refractivity contribution in [1.29, 1.82) is 0 Å². The summed E-state index contributed by atoms with van der Waals surface area (Å²) < 4.78 is 10.6. The molecular weight excluding hydrogens is 342 g/mol. The van der Waals surface area contributed by atoms with Gasteiger partial charge in [0.25, 0.3) is 11.1 Å². The van der Waals surface area contributed by atoms with Crippen molar-refractivity contribution < 1.29 is 19.1 Å². The number of benzene rings is 1. The summed E-state index contributed by atoms with van der Waals surface area (Å²) in [5.74, 6) is 1.12. The Bertz CT molecular complexity index is 743. The molecule has 0 bridgehead atoms. The summed E-state index contributed by atoms with van der Waals surface area (Å²) in [7, 11) is 2.07. The maximum atomic E-state index is 12.6. The number of hydrogen-bond donors (Lipinski definition) is 0. The average molecular weight is 361 g/mol. The summed E-state index contributed by atoms with van der Waals surface area (Å²) in [5, 5.41) is -0.212. The molecule has 0 atom stereocenters. The van der Waals surface area contributed by atoms with Gasteiger partial charge in [0.05, 0.1) is 11.6 Å². The van der Waals surface area contributed by atoms with Gasteiger partial charge in [-0.3, -0.25) is 19.4 Å². The predicted molar refractivity (Wildman–Crippen MR) is 94.3 cm³/mol. The van der Waals surface area contributed by atoms with Crippen molar-refractivity contribution in [3.63, 3.8) is 0 Å². The van der Waals surface area contributed by atoms with Crippen LogP contribution in [-0.2, 0) is 4.79 Å². The van der Waals surface area contributed by atoms with E-state index in [-0.39, 0.29) is 17.9 Å². The largest absolute Gasteiger partial charge is 0.454 e. The molecule has 4 rings (SSSR count). The Morgan fingerprint density at radius 2 is 1.88 bits per heavy atom. The average Bonchev–Trinajstić information content (AvgIpc) is 3.16. The number of hydrogen-bond acceptors (Lipinski definition) is 7. The normalized spacial score (nSPS) is 23.1. The molecule has 0 spiro atoms. The molecule has 132 valence electrons. The first-order chi connectivity index (χ1) is 12.1. The van der Waals surface area contributed by atoms with Crippen molar-refractivity contribution in [2.45, 2.75) is 0 Å². The minimum atomic E-state index is -0.230. The number of imide groups is 1. The summed E-state index contributed by atoms with van der Waals surface area (Å²) >= 11 is 0.988. The fourth-order valence-corrected chi connectivity index (χ4v) is 3.80. The lowest BCUT2D eigenvalue weighted by Crippen LogP contribution is -2.49. The van der Waals surface area contributed by atoms with Gasteiger partial charge >= 0.3 is 0 Å². The summed E-state index contributed by atoms with van der Waals surface area (Å²) in [6.45, 7) is 4.18. The number of carbonyl (C=O) groups excluding carboxylic acids is 2. The third-order valence-corrected chi connectivity index (χ3v) is 5.41. The maximum Gasteiger partial charge on any atom is 0.294 e. The van der Waals surface area contributed by atoms with Crippen molar-refractivity contribution in [3.8, 4) is 11.5 Å². The highest BCUT2D eigenvalue weighted by atomic mass is 32.2. The Morgan fingerprint density at radius 3 is 2.68 bits per heavy atom. The molecule has 7 nitrogen and oxygen atoms in total. The Labute approximate surface area is 150 Å². The van der Waals surface area contributed by atoms with E-state index in [4.69, 9.17) is 9.47 Å². The van der Waals surface area contributed by atoms with Gasteiger partial charge in [-0.15, -0.1) is 0 Å². The number of thioether (sulfide) groups is 1. The van der Waals surface area contributed by atoms with Crippen LogP contribution in [0.4, 0.5) is 4.79 Å². The number of ether oxygens (including phenoxy) is 2. The quantitative estimate of drug-likeness (QED) is 0.759. The van der Waals surface area contributed by atoms with Crippen LogP contribution in [0.25, 0.3) is 6.08 Å². The highest BCUT2D eigenvalue weighted by molar-refractivity contribution is 8.18. The molecular formula is C17H19N3O4S. The Kier molecular flexibility index (Phi) is 4.41. The predicted octanol–water partition coefficient (Wildman–Crippen LogP) is 1.66. The van der Waals surface area contributed by atoms with Crippen LogP contribution in [0, 0.1) is 0 Å². The van der Waals surface area contributed by atoms with Crippen LogP contribution in [0.2, 0.25) is 0 Å². The summed E-state index contributed by atoms with van der Waals surface area (Å²) in [5.41, 5.74) is 0.814. The van der Waals surface area contributed by atoms with E-state index in [1.54, 1.807) is 6.08 Å². The SMILES string of the molecule is CN1CCN(CN2C(=O)S/C(=C/c3ccc4c(c3)OCO4)C2=O)CC1. The number of amides is 2. The fourth-order valence-electron chi connectivity index (χ4n) is 2.97. The molecule has 2 fully saturated rings. The van der Waals surface area contributed by atoms with E-state index < -0.39 is 0 Å². The molecule has 0 aromatic heterocycles. The van der Waals surface area contributed by atoms with Gasteiger partial charge in [0.1, 0.15) is 0 Å². The van der Waals surface area contributed by atoms with Crippen LogP contribution in [0.15, 0.2) is 23.1 Å². The first-order valence-electron chi connectivity index (χ1n) is 8.16. The lowest BCUT2D eigenvalue weighted by Gasteiger charge is -2.33. The smallest absolute Gasteiger partial charge is 0.294 e. The first-order valence-corrected chi connectivity index (χ1v) is 8.98. The van der Waals surface area contributed by atoms with Crippen LogP contribution >= 0.6 is 11.8 Å². The van der Waals surface area contributed by atoms with Crippen LogP contribution in [0.1, 0.15) is 5.56 Å². The van der Waals surface area contributed by atoms with Crippen LogP contribution in [0.3, 0.4) is 0 Å². The van der Waals surface area contributed by atoms with Crippen LogP contribution in [-0.4, -0.2) is 72.5 Å². The number of piperazine rings is 1. The van der Waals surface area contributed by atoms with Gasteiger partial charge in [0, 0.05) is 26.2 Å². The van der Waals surface area contributed by atoms with Crippen molar-refractivity contribution >= 4 is 29.0 Å². The monoisotopic (exact) mass is 361 g/mol. The molecule has 0 saturated carbocycles. The van der Waals surface area contributed by atoms with Crippen molar-refractivity contribution in [2.75, 3.05) is 46.7 Å². The number of fused-ring (bicyclic) bond motifs is 1. The fraction of sp³-hybridized carbons (Fsp3) is 0.412. The number of likely N-dealkylation sites (N-methyl/N-ethyl adjacent to an activating group) is 1. The molecule has 0 N–H and O–H groups in total. The van der Waals surface area contributed by atoms with Gasteiger partial charge in [-0.25, -0.2) is 0 Å². The highest BCUT2D eigenvalue weighted by Gasteiger charge is 2.36. The van der Waals surface area contributed by atoms with Crippen molar-refractivity contribution in [2.24, 2.45) is 0 Å². The molecule has 3 aliphatic heterocycles. The zero-order chi connectivity index (χ0) is 17.4. The van der Waals surface area contributed by atoms with E-state index in [1.807, 2.05) is 18.2 Å². The minimum absolute atomic E-state index is 0.209. The van der Waals surface area contributed by atoms with Crippen LogP contribution < -0.4 is 9.47 Å². The van der Waals surface area contributed by atoms with Gasteiger partial charge in [0.2, 0.25) is 6.79 Å². The number of carbonyl (C=O) groups is 2. The van der Waals surface area contributed by atoms with Gasteiger partial charge in [-0.1, -0.05) is 6.07 Å². The first kappa shape index (κ1) is 16.4. The molecule has 2 saturated heterocycles. The molecule has 0 unspecified atom stereocenters. The van der Waals surface area contributed by atoms with E-state index in [0.29, 0.717) is 23.1 Å². The van der Waals surface area contributed by atoms with E-state index in [2.05, 4.69) is 16.8 Å². The second-order valence-electron chi connectivity index (χ2n) is 6.29. The second kappa shape index (κ2) is 6.70. The third kappa shape index (κ3) is 3.37. The lowest BCUT2D eigenvalue weighted by molar-refractivity contribution is -0.124. The van der Waals surface area contributed by atoms with E-state index in [1.165, 1.54) is 4.90 Å². The van der Waals surface area contributed by atoms with Crippen molar-refractivity contribution in [1.82, 2.24) is 14.7 Å². The van der Waals surface area contributed by atoms with Crippen LogP contribution in [0.5, 0.6) is 11.5 Å². The van der Waals surface area contributed by atoms with Gasteiger partial charge < -0.3 is 14.4 Å². The van der Waals surface area contributed by atoms with Crippen molar-refractivity contribution in [3.05, 3.63) is 28.7 Å². The van der Waals surface area contributed by atoms with Gasteiger partial charge in [-0.05, 0) is 42.6 Å². The summed E-state index contributed by atoms with van der Waals surface area (Å²) in [4.78, 5) is 31.0. The zero-order valence-corrected chi connectivity index (χ0v) is 14.8. The summed E-state index contributed by atoms with van der Waals surface area (Å²) in [6.07, 6.45) is 1.73. The molecule has 0 aliphatic carbocycles. The molecule has 25 heavy (non-hydrogen) atoms. The number of rotatable bonds is 3. The third-order valence-electron chi connectivity index (χ3n) is 4.51. The molecule has 2 amide bonds. The molecule has 1 aromatic rings. The van der Waals surface area contributed by atoms with Gasteiger partial charge in [-0.2, -0.15) is 0 Å². The summed E-state index contributed by atoms with van der Waals surface area (Å²) in [6, 6.07) is 5.47. The topological polar surface area (TPSA) is 62.3 Å². The lowest BCUT2D eigenvalue weighted by atomic mass is 10.2. The highest BCUT2D eigenvalue weighted by Crippen LogP contribution is 2.36. The maximum absolute atomic E-state index is 12.6. The van der Waals surface area contributed by atoms with E-state index in [9.17, 15) is 9.59 Å². The molecule has 3 heterocycles. The Morgan fingerprint density at radius 1 is 1.12 bits per heavy atom. The Balaban J connectivity index is 1.47. The van der Waals surface area contributed by atoms with E-state index >= 15 is 0 Å². The molecule has 3 aliphatic rings.